The summed E-state index contributed by atoms with van der Waals surface area (Å²) < 4.78 is 35.6. The van der Waals surface area contributed by atoms with Crippen LogP contribution in [0.3, 0.4) is 0 Å². The quantitative estimate of drug-likeness (QED) is 0.529. The largest absolute Gasteiger partial charge is 0.495 e. The van der Waals surface area contributed by atoms with Crippen molar-refractivity contribution in [2.24, 2.45) is 0 Å². The monoisotopic (exact) mass is 429 g/mol. The molecule has 0 saturated heterocycles. The van der Waals surface area contributed by atoms with Gasteiger partial charge in [-0.05, 0) is 48.5 Å². The number of benzene rings is 2. The van der Waals surface area contributed by atoms with Crippen molar-refractivity contribution in [3.05, 3.63) is 72.2 Å². The van der Waals surface area contributed by atoms with E-state index in [0.717, 1.165) is 6.26 Å². The maximum absolute atomic E-state index is 12.6. The fraction of sp³-hybridized carbons (Fsp3) is 0.100. The van der Waals surface area contributed by atoms with E-state index in [9.17, 15) is 18.0 Å². The van der Waals surface area contributed by atoms with Gasteiger partial charge in [0.25, 0.3) is 11.8 Å². The van der Waals surface area contributed by atoms with Crippen molar-refractivity contribution in [3.63, 3.8) is 0 Å². The number of carbonyl (C=O) groups is 2. The molecule has 0 radical (unpaired) electrons. The van der Waals surface area contributed by atoms with Crippen molar-refractivity contribution in [1.82, 2.24) is 0 Å². The van der Waals surface area contributed by atoms with Crippen LogP contribution in [-0.2, 0) is 10.0 Å². The summed E-state index contributed by atoms with van der Waals surface area (Å²) in [5.74, 6) is -0.432. The van der Waals surface area contributed by atoms with Gasteiger partial charge in [-0.15, -0.1) is 0 Å². The molecule has 0 saturated carbocycles. The first-order valence-electron chi connectivity index (χ1n) is 8.67. The van der Waals surface area contributed by atoms with E-state index >= 15 is 0 Å². The molecule has 0 atom stereocenters. The Bertz CT molecular complexity index is 1170. The molecule has 2 amide bonds. The third-order valence-electron chi connectivity index (χ3n) is 3.88. The molecule has 2 aromatic carbocycles. The van der Waals surface area contributed by atoms with Crippen LogP contribution in [0.15, 0.2) is 65.3 Å². The third kappa shape index (κ3) is 5.39. The molecule has 9 nitrogen and oxygen atoms in total. The lowest BCUT2D eigenvalue weighted by Crippen LogP contribution is -2.15. The number of anilines is 3. The number of methoxy groups -OCH3 is 1. The number of hydrogen-bond acceptors (Lipinski definition) is 6. The Hall–Kier alpha value is -3.79. The number of nitrogens with one attached hydrogen (secondary N) is 3. The molecular formula is C20H19N3O6S. The van der Waals surface area contributed by atoms with Crippen molar-refractivity contribution in [2.45, 2.75) is 0 Å². The van der Waals surface area contributed by atoms with Crippen LogP contribution in [0.4, 0.5) is 17.1 Å². The van der Waals surface area contributed by atoms with Gasteiger partial charge in [-0.3, -0.25) is 14.3 Å². The second-order valence-corrected chi connectivity index (χ2v) is 8.00. The number of carbonyl (C=O) groups excluding carboxylic acids is 2. The predicted octanol–water partition coefficient (Wildman–Crippen LogP) is 3.16. The van der Waals surface area contributed by atoms with Gasteiger partial charge in [0.15, 0.2) is 5.76 Å². The van der Waals surface area contributed by atoms with Gasteiger partial charge in [0.1, 0.15) is 5.75 Å². The number of furan rings is 1. The van der Waals surface area contributed by atoms with Gasteiger partial charge < -0.3 is 19.8 Å². The number of sulfonamides is 1. The third-order valence-corrected chi connectivity index (χ3v) is 4.47. The highest BCUT2D eigenvalue weighted by molar-refractivity contribution is 7.92. The van der Waals surface area contributed by atoms with Crippen molar-refractivity contribution >= 4 is 38.9 Å². The van der Waals surface area contributed by atoms with E-state index in [-0.39, 0.29) is 11.4 Å². The second-order valence-electron chi connectivity index (χ2n) is 6.26. The SMILES string of the molecule is COc1ccc(NC(=O)c2cccc(NC(=O)c3ccco3)c2)cc1NS(C)(=O)=O. The zero-order chi connectivity index (χ0) is 21.7. The Morgan fingerprint density at radius 1 is 0.933 bits per heavy atom. The molecule has 0 aliphatic rings. The van der Waals surface area contributed by atoms with Crippen molar-refractivity contribution in [1.29, 1.82) is 0 Å². The van der Waals surface area contributed by atoms with Crippen LogP contribution in [0.1, 0.15) is 20.9 Å². The zero-order valence-electron chi connectivity index (χ0n) is 16.1. The molecule has 0 unspecified atom stereocenters. The highest BCUT2D eigenvalue weighted by Gasteiger charge is 2.13. The van der Waals surface area contributed by atoms with E-state index in [1.54, 1.807) is 30.3 Å². The first-order valence-corrected chi connectivity index (χ1v) is 10.6. The van der Waals surface area contributed by atoms with Gasteiger partial charge in [-0.25, -0.2) is 8.42 Å². The average Bonchev–Trinajstić information content (AvgIpc) is 3.22. The van der Waals surface area contributed by atoms with Crippen LogP contribution < -0.4 is 20.1 Å². The molecule has 0 aliphatic carbocycles. The van der Waals surface area contributed by atoms with Crippen molar-refractivity contribution in [3.8, 4) is 5.75 Å². The normalized spacial score (nSPS) is 10.9. The van der Waals surface area contributed by atoms with Gasteiger partial charge >= 0.3 is 0 Å². The Morgan fingerprint density at radius 3 is 2.33 bits per heavy atom. The van der Waals surface area contributed by atoms with Gasteiger partial charge in [0.2, 0.25) is 10.0 Å². The Balaban J connectivity index is 1.76. The van der Waals surface area contributed by atoms with Crippen LogP contribution in [-0.4, -0.2) is 33.6 Å². The van der Waals surface area contributed by atoms with Gasteiger partial charge in [-0.2, -0.15) is 0 Å². The summed E-state index contributed by atoms with van der Waals surface area (Å²) in [6, 6.07) is 14.0. The number of rotatable bonds is 7. The summed E-state index contributed by atoms with van der Waals surface area (Å²) in [6.07, 6.45) is 2.40. The molecule has 3 rings (SSSR count). The summed E-state index contributed by atoms with van der Waals surface area (Å²) >= 11 is 0. The topological polar surface area (TPSA) is 127 Å². The molecule has 3 aromatic rings. The molecule has 10 heteroatoms. The Morgan fingerprint density at radius 2 is 1.67 bits per heavy atom. The summed E-state index contributed by atoms with van der Waals surface area (Å²) in [5, 5.41) is 5.33. The lowest BCUT2D eigenvalue weighted by Gasteiger charge is -2.13. The maximum atomic E-state index is 12.6. The van der Waals surface area contributed by atoms with Crippen LogP contribution in [0.2, 0.25) is 0 Å². The molecule has 0 spiro atoms. The van der Waals surface area contributed by atoms with Gasteiger partial charge in [0, 0.05) is 16.9 Å². The average molecular weight is 429 g/mol. The standard InChI is InChI=1S/C20H19N3O6S/c1-28-17-9-8-15(12-16(17)23-30(2,26)27)21-19(24)13-5-3-6-14(11-13)22-20(25)18-7-4-10-29-18/h3-12,23H,1-2H3,(H,21,24)(H,22,25). The number of hydrogen-bond donors (Lipinski definition) is 3. The van der Waals surface area contributed by atoms with Crippen LogP contribution >= 0.6 is 0 Å². The van der Waals surface area contributed by atoms with Crippen LogP contribution in [0, 0.1) is 0 Å². The maximum Gasteiger partial charge on any atom is 0.291 e. The van der Waals surface area contributed by atoms with Gasteiger partial charge in [0.05, 0.1) is 25.3 Å². The molecule has 1 aromatic heterocycles. The van der Waals surface area contributed by atoms with E-state index in [0.29, 0.717) is 22.7 Å². The number of ether oxygens (including phenoxy) is 1. The summed E-state index contributed by atoms with van der Waals surface area (Å²) in [7, 11) is -2.13. The first-order chi connectivity index (χ1) is 14.2. The summed E-state index contributed by atoms with van der Waals surface area (Å²) in [5.41, 5.74) is 1.26. The molecule has 156 valence electrons. The molecule has 30 heavy (non-hydrogen) atoms. The van der Waals surface area contributed by atoms with Gasteiger partial charge in [-0.1, -0.05) is 6.07 Å². The van der Waals surface area contributed by atoms with Crippen molar-refractivity contribution in [2.75, 3.05) is 28.7 Å². The Kier molecular flexibility index (Phi) is 6.07. The fourth-order valence-electron chi connectivity index (χ4n) is 2.61. The smallest absolute Gasteiger partial charge is 0.291 e. The number of amides is 2. The highest BCUT2D eigenvalue weighted by Crippen LogP contribution is 2.29. The van der Waals surface area contributed by atoms with E-state index in [1.807, 2.05) is 0 Å². The molecular weight excluding hydrogens is 410 g/mol. The van der Waals surface area contributed by atoms with E-state index in [2.05, 4.69) is 15.4 Å². The zero-order valence-corrected chi connectivity index (χ0v) is 16.9. The van der Waals surface area contributed by atoms with E-state index < -0.39 is 21.8 Å². The lowest BCUT2D eigenvalue weighted by molar-refractivity contribution is 0.0993. The van der Waals surface area contributed by atoms with Crippen molar-refractivity contribution < 1.29 is 27.2 Å². The first kappa shape index (κ1) is 20.9. The second kappa shape index (κ2) is 8.70. The minimum Gasteiger partial charge on any atom is -0.495 e. The molecule has 1 heterocycles. The minimum atomic E-state index is -3.53. The summed E-state index contributed by atoms with van der Waals surface area (Å²) in [6.45, 7) is 0. The molecule has 0 fully saturated rings. The van der Waals surface area contributed by atoms with E-state index in [1.165, 1.54) is 37.6 Å². The van der Waals surface area contributed by atoms with Crippen LogP contribution in [0.25, 0.3) is 0 Å². The highest BCUT2D eigenvalue weighted by atomic mass is 32.2. The molecule has 3 N–H and O–H groups in total. The Labute approximate surface area is 173 Å². The lowest BCUT2D eigenvalue weighted by atomic mass is 10.1. The predicted molar refractivity (Wildman–Crippen MR) is 113 cm³/mol. The van der Waals surface area contributed by atoms with E-state index in [4.69, 9.17) is 9.15 Å². The fourth-order valence-corrected chi connectivity index (χ4v) is 3.17. The molecule has 0 bridgehead atoms. The van der Waals surface area contributed by atoms with Crippen LogP contribution in [0.5, 0.6) is 5.75 Å². The molecule has 0 aliphatic heterocycles. The summed E-state index contributed by atoms with van der Waals surface area (Å²) in [4.78, 5) is 24.7. The minimum absolute atomic E-state index is 0.147.